The molecule has 0 saturated heterocycles. The van der Waals surface area contributed by atoms with Crippen molar-refractivity contribution in [2.24, 2.45) is 5.92 Å². The molecule has 1 aliphatic rings. The van der Waals surface area contributed by atoms with Crippen LogP contribution in [0.15, 0.2) is 54.1 Å². The van der Waals surface area contributed by atoms with Crippen LogP contribution in [-0.4, -0.2) is 61.3 Å². The summed E-state index contributed by atoms with van der Waals surface area (Å²) in [5, 5.41) is 36.0. The molecule has 1 aliphatic carbocycles. The fraction of sp³-hybridized carbons (Fsp3) is 0.353. The highest BCUT2D eigenvalue weighted by Crippen LogP contribution is 2.60. The maximum atomic E-state index is 13.5. The van der Waals surface area contributed by atoms with Crippen LogP contribution in [0.4, 0.5) is 0 Å². The molecule has 45 heavy (non-hydrogen) atoms. The second-order valence-electron chi connectivity index (χ2n) is 10.8. The Balaban J connectivity index is 2.19. The van der Waals surface area contributed by atoms with Crippen LogP contribution >= 0.6 is 0 Å². The average molecular weight is 623 g/mol. The minimum absolute atomic E-state index is 0.0276. The van der Waals surface area contributed by atoms with Gasteiger partial charge in [-0.05, 0) is 45.0 Å². The Morgan fingerprint density at radius 3 is 1.82 bits per heavy atom. The summed E-state index contributed by atoms with van der Waals surface area (Å²) < 4.78 is 34.1. The van der Waals surface area contributed by atoms with E-state index in [-0.39, 0.29) is 56.4 Å². The number of fused-ring (bicyclic) bond motifs is 3. The van der Waals surface area contributed by atoms with Gasteiger partial charge in [-0.15, -0.1) is 0 Å². The van der Waals surface area contributed by atoms with Gasteiger partial charge in [0.15, 0.2) is 29.1 Å². The Labute approximate surface area is 261 Å². The summed E-state index contributed by atoms with van der Waals surface area (Å²) in [6.45, 7) is 6.31. The van der Waals surface area contributed by atoms with E-state index in [1.807, 2.05) is 0 Å². The van der Waals surface area contributed by atoms with Crippen molar-refractivity contribution < 1.29 is 53.3 Å². The number of benzene rings is 3. The highest BCUT2D eigenvalue weighted by atomic mass is 16.6. The van der Waals surface area contributed by atoms with Gasteiger partial charge in [-0.1, -0.05) is 31.2 Å². The molecule has 0 bridgehead atoms. The third-order valence-corrected chi connectivity index (χ3v) is 8.32. The van der Waals surface area contributed by atoms with Gasteiger partial charge in [0.2, 0.25) is 11.5 Å². The number of allylic oxidation sites excluding steroid dienone is 1. The highest BCUT2D eigenvalue weighted by Gasteiger charge is 2.51. The largest absolute Gasteiger partial charge is 0.504 e. The number of phenolic OH excluding ortho intramolecular Hbond substituents is 2. The van der Waals surface area contributed by atoms with Crippen molar-refractivity contribution in [3.8, 4) is 45.6 Å². The highest BCUT2D eigenvalue weighted by molar-refractivity contribution is 5.92. The molecule has 0 saturated carbocycles. The first kappa shape index (κ1) is 33.0. The Morgan fingerprint density at radius 2 is 1.33 bits per heavy atom. The zero-order valence-electron chi connectivity index (χ0n) is 26.5. The van der Waals surface area contributed by atoms with E-state index in [4.69, 9.17) is 28.4 Å². The molecule has 0 aromatic heterocycles. The summed E-state index contributed by atoms with van der Waals surface area (Å²) in [4.78, 5) is 26.8. The van der Waals surface area contributed by atoms with Gasteiger partial charge in [0.05, 0.1) is 34.0 Å². The number of hydrogen-bond donors (Lipinski definition) is 3. The molecular formula is C34H38O11. The molecular weight excluding hydrogens is 584 g/mol. The van der Waals surface area contributed by atoms with Crippen LogP contribution in [0.25, 0.3) is 11.1 Å². The Kier molecular flexibility index (Phi) is 9.53. The number of aromatic hydroxyl groups is 2. The molecule has 0 heterocycles. The van der Waals surface area contributed by atoms with Crippen molar-refractivity contribution >= 4 is 11.9 Å². The van der Waals surface area contributed by atoms with Crippen molar-refractivity contribution in [1.82, 2.24) is 0 Å². The fourth-order valence-electron chi connectivity index (χ4n) is 5.50. The normalized spacial score (nSPS) is 20.9. The second kappa shape index (κ2) is 13.0. The van der Waals surface area contributed by atoms with E-state index in [9.17, 15) is 24.9 Å². The average Bonchev–Trinajstić information content (AvgIpc) is 3.04. The molecule has 0 aliphatic heterocycles. The third-order valence-electron chi connectivity index (χ3n) is 8.32. The predicted molar refractivity (Wildman–Crippen MR) is 164 cm³/mol. The number of ether oxygens (including phenoxy) is 6. The van der Waals surface area contributed by atoms with E-state index in [0.29, 0.717) is 0 Å². The molecule has 4 rings (SSSR count). The lowest BCUT2D eigenvalue weighted by Gasteiger charge is -2.43. The van der Waals surface area contributed by atoms with Gasteiger partial charge >= 0.3 is 11.9 Å². The maximum Gasteiger partial charge on any atom is 0.338 e. The second-order valence-corrected chi connectivity index (χ2v) is 10.8. The van der Waals surface area contributed by atoms with Gasteiger partial charge in [-0.2, -0.15) is 0 Å². The number of rotatable bonds is 8. The Hall–Kier alpha value is -4.90. The maximum absolute atomic E-state index is 13.5. The fourth-order valence-corrected chi connectivity index (χ4v) is 5.50. The number of aliphatic hydroxyl groups is 1. The Morgan fingerprint density at radius 1 is 0.822 bits per heavy atom. The number of phenols is 2. The minimum atomic E-state index is -1.97. The van der Waals surface area contributed by atoms with E-state index < -0.39 is 47.2 Å². The van der Waals surface area contributed by atoms with Crippen molar-refractivity contribution in [1.29, 1.82) is 0 Å². The minimum Gasteiger partial charge on any atom is -0.504 e. The van der Waals surface area contributed by atoms with Gasteiger partial charge in [0.25, 0.3) is 0 Å². The first-order chi connectivity index (χ1) is 21.4. The van der Waals surface area contributed by atoms with Gasteiger partial charge in [0, 0.05) is 33.7 Å². The SMILES string of the molecule is CC=C(C)C(=O)OC1c2cc(OC)c(OC)c(O)c2-c2c(cc(OC)c(OC)c2O)C(OC(=O)c2ccccc2)C(C)(O)C1C. The van der Waals surface area contributed by atoms with Crippen LogP contribution in [0.2, 0.25) is 0 Å². The Bertz CT molecular complexity index is 1630. The number of carbonyl (C=O) groups excluding carboxylic acids is 2. The first-order valence-electron chi connectivity index (χ1n) is 14.2. The summed E-state index contributed by atoms with van der Waals surface area (Å²) in [5.74, 6) is -3.47. The summed E-state index contributed by atoms with van der Waals surface area (Å²) in [5.41, 5.74) is -1.34. The van der Waals surface area contributed by atoms with Crippen molar-refractivity contribution in [2.75, 3.05) is 28.4 Å². The lowest BCUT2D eigenvalue weighted by Crippen LogP contribution is -2.46. The third kappa shape index (κ3) is 5.71. The molecule has 11 nitrogen and oxygen atoms in total. The van der Waals surface area contributed by atoms with E-state index in [2.05, 4.69) is 0 Å². The van der Waals surface area contributed by atoms with Crippen molar-refractivity contribution in [3.63, 3.8) is 0 Å². The molecule has 3 aromatic rings. The lowest BCUT2D eigenvalue weighted by molar-refractivity contribution is -0.165. The van der Waals surface area contributed by atoms with E-state index in [1.165, 1.54) is 47.5 Å². The summed E-state index contributed by atoms with van der Waals surface area (Å²) >= 11 is 0. The van der Waals surface area contributed by atoms with Crippen LogP contribution in [-0.2, 0) is 14.3 Å². The van der Waals surface area contributed by atoms with Crippen LogP contribution in [0.1, 0.15) is 61.4 Å². The van der Waals surface area contributed by atoms with Crippen molar-refractivity contribution in [3.05, 3.63) is 70.8 Å². The molecule has 3 N–H and O–H groups in total. The number of carbonyl (C=O) groups is 2. The molecule has 3 aromatic carbocycles. The molecule has 0 spiro atoms. The topological polar surface area (TPSA) is 150 Å². The van der Waals surface area contributed by atoms with Gasteiger partial charge in [0.1, 0.15) is 11.7 Å². The van der Waals surface area contributed by atoms with E-state index >= 15 is 0 Å². The zero-order chi connectivity index (χ0) is 33.2. The van der Waals surface area contributed by atoms with Crippen LogP contribution < -0.4 is 18.9 Å². The summed E-state index contributed by atoms with van der Waals surface area (Å²) in [6, 6.07) is 11.1. The van der Waals surface area contributed by atoms with E-state index in [0.717, 1.165) is 0 Å². The number of methoxy groups -OCH3 is 4. The van der Waals surface area contributed by atoms with Gasteiger partial charge in [-0.25, -0.2) is 9.59 Å². The van der Waals surface area contributed by atoms with Gasteiger partial charge < -0.3 is 43.7 Å². The van der Waals surface area contributed by atoms with Gasteiger partial charge in [-0.3, -0.25) is 0 Å². The smallest absolute Gasteiger partial charge is 0.338 e. The first-order valence-corrected chi connectivity index (χ1v) is 14.2. The lowest BCUT2D eigenvalue weighted by atomic mass is 9.71. The molecule has 0 amide bonds. The van der Waals surface area contributed by atoms with E-state index in [1.54, 1.807) is 57.2 Å². The van der Waals surface area contributed by atoms with Crippen LogP contribution in [0.3, 0.4) is 0 Å². The predicted octanol–water partition coefficient (Wildman–Crippen LogP) is 5.65. The summed E-state index contributed by atoms with van der Waals surface area (Å²) in [7, 11) is 5.37. The monoisotopic (exact) mass is 622 g/mol. The molecule has 0 fully saturated rings. The van der Waals surface area contributed by atoms with Crippen LogP contribution in [0, 0.1) is 5.92 Å². The number of esters is 2. The number of hydrogen-bond acceptors (Lipinski definition) is 11. The summed E-state index contributed by atoms with van der Waals surface area (Å²) in [6.07, 6.45) is -1.21. The zero-order valence-corrected chi connectivity index (χ0v) is 26.5. The molecule has 240 valence electrons. The molecule has 4 unspecified atom stereocenters. The molecule has 11 heteroatoms. The van der Waals surface area contributed by atoms with Crippen molar-refractivity contribution in [2.45, 2.75) is 45.5 Å². The molecule has 0 radical (unpaired) electrons. The van der Waals surface area contributed by atoms with Crippen LogP contribution in [0.5, 0.6) is 34.5 Å². The standard InChI is InChI=1S/C34H38O11/c1-9-17(2)32(37)44-28-18(3)34(4,39)31(45-33(38)19-13-11-10-12-14-19)21-16-23(41-6)30(43-8)27(36)25(21)24-20(28)15-22(40-5)29(42-7)26(24)35/h9-16,18,28,31,35-36,39H,1-8H3. The quantitative estimate of drug-likeness (QED) is 0.211. The molecule has 4 atom stereocenters.